The smallest absolute Gasteiger partial charge is 0.308 e. The van der Waals surface area contributed by atoms with Gasteiger partial charge in [0.15, 0.2) is 0 Å². The average molecular weight is 281 g/mol. The molecule has 0 bridgehead atoms. The van der Waals surface area contributed by atoms with Crippen LogP contribution < -0.4 is 0 Å². The van der Waals surface area contributed by atoms with E-state index in [-0.39, 0.29) is 5.91 Å². The van der Waals surface area contributed by atoms with Crippen LogP contribution in [0, 0.1) is 12.8 Å². The van der Waals surface area contributed by atoms with Crippen LogP contribution in [0.4, 0.5) is 0 Å². The highest BCUT2D eigenvalue weighted by atomic mass is 32.1. The summed E-state index contributed by atoms with van der Waals surface area (Å²) in [6.45, 7) is 5.11. The summed E-state index contributed by atoms with van der Waals surface area (Å²) in [5, 5.41) is 9.06. The number of aliphatic carboxylic acids is 1. The number of thiophene rings is 1. The summed E-state index contributed by atoms with van der Waals surface area (Å²) in [6, 6.07) is 1.95. The number of nitrogens with zero attached hydrogens (tertiary/aromatic N) is 1. The van der Waals surface area contributed by atoms with Gasteiger partial charge in [-0.25, -0.2) is 0 Å². The molecule has 1 aliphatic rings. The van der Waals surface area contributed by atoms with Gasteiger partial charge in [0.1, 0.15) is 0 Å². The Bertz CT molecular complexity index is 495. The highest BCUT2D eigenvalue weighted by Gasteiger charge is 2.29. The number of carbonyl (C=O) groups excluding carboxylic acids is 1. The van der Waals surface area contributed by atoms with Crippen molar-refractivity contribution < 1.29 is 14.7 Å². The minimum Gasteiger partial charge on any atom is -0.481 e. The van der Waals surface area contributed by atoms with Crippen molar-refractivity contribution in [1.82, 2.24) is 4.90 Å². The second-order valence-corrected chi connectivity index (χ2v) is 6.23. The van der Waals surface area contributed by atoms with E-state index in [0.717, 1.165) is 17.7 Å². The van der Waals surface area contributed by atoms with Gasteiger partial charge in [0.05, 0.1) is 10.8 Å². The number of rotatable bonds is 3. The Morgan fingerprint density at radius 2 is 2.26 bits per heavy atom. The molecule has 0 unspecified atom stereocenters. The zero-order valence-corrected chi connectivity index (χ0v) is 12.1. The molecule has 1 fully saturated rings. The van der Waals surface area contributed by atoms with Crippen molar-refractivity contribution in [2.45, 2.75) is 33.1 Å². The number of piperidine rings is 1. The fourth-order valence-electron chi connectivity index (χ4n) is 2.50. The molecule has 1 aliphatic heterocycles. The molecule has 2 heterocycles. The number of aryl methyl sites for hydroxylation is 2. The number of carboxylic acids is 1. The second-order valence-electron chi connectivity index (χ2n) is 4.97. The molecule has 0 radical (unpaired) electrons. The van der Waals surface area contributed by atoms with E-state index in [2.05, 4.69) is 6.92 Å². The van der Waals surface area contributed by atoms with Gasteiger partial charge in [-0.1, -0.05) is 6.92 Å². The summed E-state index contributed by atoms with van der Waals surface area (Å²) >= 11 is 1.51. The summed E-state index contributed by atoms with van der Waals surface area (Å²) in [6.07, 6.45) is 2.36. The quantitative estimate of drug-likeness (QED) is 0.926. The third kappa shape index (κ3) is 2.97. The van der Waals surface area contributed by atoms with Crippen LogP contribution in [0.2, 0.25) is 0 Å². The SMILES string of the molecule is CCc1cc(C(=O)N2CCC[C@@H](C(=O)O)C2)sc1C. The maximum atomic E-state index is 12.4. The average Bonchev–Trinajstić information content (AvgIpc) is 2.79. The number of likely N-dealkylation sites (tertiary alicyclic amines) is 1. The molecule has 0 aliphatic carbocycles. The Morgan fingerprint density at radius 3 is 2.84 bits per heavy atom. The normalized spacial score (nSPS) is 19.5. The van der Waals surface area contributed by atoms with E-state index in [1.165, 1.54) is 21.8 Å². The largest absolute Gasteiger partial charge is 0.481 e. The zero-order valence-electron chi connectivity index (χ0n) is 11.3. The lowest BCUT2D eigenvalue weighted by atomic mass is 9.98. The van der Waals surface area contributed by atoms with Gasteiger partial charge in [0.25, 0.3) is 5.91 Å². The third-order valence-electron chi connectivity index (χ3n) is 3.67. The standard InChI is InChI=1S/C14H19NO3S/c1-3-10-7-12(19-9(10)2)13(16)15-6-4-5-11(8-15)14(17)18/h7,11H,3-6,8H2,1-2H3,(H,17,18)/t11-/m1/s1. The van der Waals surface area contributed by atoms with E-state index in [9.17, 15) is 9.59 Å². The van der Waals surface area contributed by atoms with Gasteiger partial charge in [-0.05, 0) is 37.8 Å². The summed E-state index contributed by atoms with van der Waals surface area (Å²) < 4.78 is 0. The third-order valence-corrected chi connectivity index (χ3v) is 4.75. The van der Waals surface area contributed by atoms with Crippen molar-refractivity contribution >= 4 is 23.2 Å². The Kier molecular flexibility index (Phi) is 4.24. The molecular weight excluding hydrogens is 262 g/mol. The van der Waals surface area contributed by atoms with Crippen molar-refractivity contribution in [3.63, 3.8) is 0 Å². The molecule has 1 aromatic heterocycles. The first kappa shape index (κ1) is 14.1. The van der Waals surface area contributed by atoms with E-state index in [1.807, 2.05) is 13.0 Å². The van der Waals surface area contributed by atoms with E-state index < -0.39 is 11.9 Å². The van der Waals surface area contributed by atoms with Gasteiger partial charge < -0.3 is 10.0 Å². The van der Waals surface area contributed by atoms with Crippen LogP contribution in [0.15, 0.2) is 6.07 Å². The number of carboxylic acid groups (broad SMARTS) is 1. The fourth-order valence-corrected chi connectivity index (χ4v) is 3.58. The van der Waals surface area contributed by atoms with E-state index in [1.54, 1.807) is 4.90 Å². The molecule has 5 heteroatoms. The topological polar surface area (TPSA) is 57.6 Å². The van der Waals surface area contributed by atoms with Crippen LogP contribution in [0.5, 0.6) is 0 Å². The number of amides is 1. The van der Waals surface area contributed by atoms with Crippen LogP contribution in [0.25, 0.3) is 0 Å². The fraction of sp³-hybridized carbons (Fsp3) is 0.571. The van der Waals surface area contributed by atoms with Crippen molar-refractivity contribution in [2.75, 3.05) is 13.1 Å². The molecule has 2 rings (SSSR count). The Morgan fingerprint density at radius 1 is 1.53 bits per heavy atom. The van der Waals surface area contributed by atoms with Crippen molar-refractivity contribution in [1.29, 1.82) is 0 Å². The van der Waals surface area contributed by atoms with Gasteiger partial charge >= 0.3 is 5.97 Å². The molecule has 4 nitrogen and oxygen atoms in total. The molecule has 1 amide bonds. The molecule has 0 spiro atoms. The van der Waals surface area contributed by atoms with Gasteiger partial charge in [0.2, 0.25) is 0 Å². The highest BCUT2D eigenvalue weighted by Crippen LogP contribution is 2.25. The Balaban J connectivity index is 2.12. The number of hydrogen-bond acceptors (Lipinski definition) is 3. The van der Waals surface area contributed by atoms with Crippen LogP contribution in [-0.2, 0) is 11.2 Å². The molecular formula is C14H19NO3S. The van der Waals surface area contributed by atoms with Crippen LogP contribution in [-0.4, -0.2) is 35.0 Å². The lowest BCUT2D eigenvalue weighted by Gasteiger charge is -2.30. The number of carbonyl (C=O) groups is 2. The first-order chi connectivity index (χ1) is 9.02. The van der Waals surface area contributed by atoms with E-state index in [0.29, 0.717) is 19.5 Å². The predicted octanol–water partition coefficient (Wildman–Crippen LogP) is 2.56. The summed E-state index contributed by atoms with van der Waals surface area (Å²) in [7, 11) is 0. The Hall–Kier alpha value is -1.36. The minimum absolute atomic E-state index is 0.0150. The van der Waals surface area contributed by atoms with Gasteiger partial charge in [0, 0.05) is 18.0 Å². The molecule has 104 valence electrons. The second kappa shape index (κ2) is 5.74. The molecule has 1 N–H and O–H groups in total. The van der Waals surface area contributed by atoms with E-state index in [4.69, 9.17) is 5.11 Å². The predicted molar refractivity (Wildman–Crippen MR) is 74.7 cm³/mol. The van der Waals surface area contributed by atoms with Crippen LogP contribution in [0.3, 0.4) is 0 Å². The Labute approximate surface area is 117 Å². The molecule has 1 atom stereocenters. The van der Waals surface area contributed by atoms with Gasteiger partial charge in [-0.2, -0.15) is 0 Å². The van der Waals surface area contributed by atoms with Crippen LogP contribution in [0.1, 0.15) is 39.9 Å². The lowest BCUT2D eigenvalue weighted by Crippen LogP contribution is -2.42. The van der Waals surface area contributed by atoms with E-state index >= 15 is 0 Å². The molecule has 1 saturated heterocycles. The molecule has 0 aromatic carbocycles. The van der Waals surface area contributed by atoms with Crippen molar-refractivity contribution in [3.05, 3.63) is 21.4 Å². The lowest BCUT2D eigenvalue weighted by molar-refractivity contribution is -0.143. The molecule has 19 heavy (non-hydrogen) atoms. The molecule has 0 saturated carbocycles. The highest BCUT2D eigenvalue weighted by molar-refractivity contribution is 7.14. The number of hydrogen-bond donors (Lipinski definition) is 1. The van der Waals surface area contributed by atoms with Gasteiger partial charge in [-0.3, -0.25) is 9.59 Å². The summed E-state index contributed by atoms with van der Waals surface area (Å²) in [5.74, 6) is -1.22. The molecule has 1 aromatic rings. The first-order valence-corrected chi connectivity index (χ1v) is 7.46. The monoisotopic (exact) mass is 281 g/mol. The zero-order chi connectivity index (χ0) is 14.0. The minimum atomic E-state index is -0.797. The van der Waals surface area contributed by atoms with Crippen LogP contribution >= 0.6 is 11.3 Å². The van der Waals surface area contributed by atoms with Gasteiger partial charge in [-0.15, -0.1) is 11.3 Å². The summed E-state index contributed by atoms with van der Waals surface area (Å²) in [5.41, 5.74) is 1.21. The maximum absolute atomic E-state index is 12.4. The maximum Gasteiger partial charge on any atom is 0.308 e. The van der Waals surface area contributed by atoms with Crippen molar-refractivity contribution in [2.24, 2.45) is 5.92 Å². The first-order valence-electron chi connectivity index (χ1n) is 6.64. The van der Waals surface area contributed by atoms with Crippen molar-refractivity contribution in [3.8, 4) is 0 Å². The summed E-state index contributed by atoms with van der Waals surface area (Å²) in [4.78, 5) is 27.0.